The number of benzene rings is 2. The molecular weight excluding hydrogens is 318 g/mol. The van der Waals surface area contributed by atoms with E-state index in [9.17, 15) is 0 Å². The first-order chi connectivity index (χ1) is 12.9. The average molecular weight is 354 g/mol. The quantitative estimate of drug-likeness (QED) is 0.392. The minimum Gasteiger partial charge on any atom is -0.493 e. The highest BCUT2D eigenvalue weighted by Crippen LogP contribution is 2.18. The Morgan fingerprint density at radius 1 is 0.692 bits per heavy atom. The van der Waals surface area contributed by atoms with Crippen LogP contribution in [-0.4, -0.2) is 6.61 Å². The summed E-state index contributed by atoms with van der Waals surface area (Å²) in [5.41, 5.74) is 2.55. The van der Waals surface area contributed by atoms with Crippen LogP contribution in [0.25, 0.3) is 0 Å². The minimum absolute atomic E-state index is 0.824. The number of hydrogen-bond acceptors (Lipinski definition) is 2. The zero-order chi connectivity index (χ0) is 18.3. The predicted octanol–water partition coefficient (Wildman–Crippen LogP) is 6.50. The zero-order valence-corrected chi connectivity index (χ0v) is 16.4. The summed E-state index contributed by atoms with van der Waals surface area (Å²) in [6, 6.07) is 18.9. The first-order valence-electron chi connectivity index (χ1n) is 10.4. The molecule has 0 amide bonds. The second kappa shape index (κ2) is 13.4. The maximum atomic E-state index is 6.05. The third-order valence-corrected chi connectivity index (χ3v) is 4.72. The molecular formula is C24H35NO. The number of rotatable bonds is 14. The molecule has 0 aliphatic rings. The van der Waals surface area contributed by atoms with E-state index in [1.54, 1.807) is 0 Å². The third-order valence-electron chi connectivity index (χ3n) is 4.72. The van der Waals surface area contributed by atoms with Gasteiger partial charge in [0.2, 0.25) is 0 Å². The van der Waals surface area contributed by atoms with Gasteiger partial charge in [0.15, 0.2) is 0 Å². The Morgan fingerprint density at radius 2 is 1.35 bits per heavy atom. The molecule has 0 saturated heterocycles. The third kappa shape index (κ3) is 8.53. The van der Waals surface area contributed by atoms with Crippen LogP contribution >= 0.6 is 0 Å². The Kier molecular flexibility index (Phi) is 10.6. The maximum absolute atomic E-state index is 6.05. The molecule has 2 heteroatoms. The molecule has 2 nitrogen and oxygen atoms in total. The Morgan fingerprint density at radius 3 is 2.12 bits per heavy atom. The highest BCUT2D eigenvalue weighted by Gasteiger charge is 2.03. The lowest BCUT2D eigenvalue weighted by Gasteiger charge is -2.12. The van der Waals surface area contributed by atoms with Crippen LogP contribution in [0.5, 0.6) is 5.75 Å². The second-order valence-corrected chi connectivity index (χ2v) is 7.02. The lowest BCUT2D eigenvalue weighted by molar-refractivity contribution is 0.300. The molecule has 0 fully saturated rings. The van der Waals surface area contributed by atoms with Crippen LogP contribution in [0.2, 0.25) is 0 Å². The summed E-state index contributed by atoms with van der Waals surface area (Å²) in [6.45, 7) is 4.81. The van der Waals surface area contributed by atoms with E-state index < -0.39 is 0 Å². The van der Waals surface area contributed by atoms with Crippen molar-refractivity contribution in [3.05, 3.63) is 65.7 Å². The van der Waals surface area contributed by atoms with E-state index in [2.05, 4.69) is 66.8 Å². The van der Waals surface area contributed by atoms with E-state index in [1.165, 1.54) is 56.1 Å². The Hall–Kier alpha value is -1.80. The van der Waals surface area contributed by atoms with Gasteiger partial charge in [-0.1, -0.05) is 100 Å². The van der Waals surface area contributed by atoms with Gasteiger partial charge in [0, 0.05) is 18.7 Å². The van der Waals surface area contributed by atoms with E-state index >= 15 is 0 Å². The van der Waals surface area contributed by atoms with E-state index in [-0.39, 0.29) is 0 Å². The van der Waals surface area contributed by atoms with Gasteiger partial charge in [0.05, 0.1) is 6.61 Å². The van der Waals surface area contributed by atoms with Crippen LogP contribution in [0.4, 0.5) is 0 Å². The maximum Gasteiger partial charge on any atom is 0.123 e. The molecule has 0 unspecified atom stereocenters. The Labute approximate surface area is 160 Å². The van der Waals surface area contributed by atoms with Crippen molar-refractivity contribution in [1.29, 1.82) is 0 Å². The standard InChI is InChI=1S/C24H35NO/c1-2-3-4-5-6-7-8-14-19-26-24-18-13-12-17-23(24)21-25-20-22-15-10-9-11-16-22/h9-13,15-18,25H,2-8,14,19-21H2,1H3. The first kappa shape index (κ1) is 20.5. The van der Waals surface area contributed by atoms with Crippen molar-refractivity contribution in [2.75, 3.05) is 6.61 Å². The number of hydrogen-bond donors (Lipinski definition) is 1. The molecule has 0 bridgehead atoms. The summed E-state index contributed by atoms with van der Waals surface area (Å²) >= 11 is 0. The van der Waals surface area contributed by atoms with E-state index in [4.69, 9.17) is 4.74 Å². The molecule has 0 spiro atoms. The van der Waals surface area contributed by atoms with Gasteiger partial charge in [-0.2, -0.15) is 0 Å². The van der Waals surface area contributed by atoms with Gasteiger partial charge < -0.3 is 10.1 Å². The van der Waals surface area contributed by atoms with Crippen LogP contribution < -0.4 is 10.1 Å². The average Bonchev–Trinajstić information content (AvgIpc) is 2.68. The fourth-order valence-corrected chi connectivity index (χ4v) is 3.15. The van der Waals surface area contributed by atoms with Gasteiger partial charge in [0.1, 0.15) is 5.75 Å². The fourth-order valence-electron chi connectivity index (χ4n) is 3.15. The van der Waals surface area contributed by atoms with Crippen LogP contribution in [0.1, 0.15) is 69.4 Å². The summed E-state index contributed by atoms with van der Waals surface area (Å²) in [7, 11) is 0. The van der Waals surface area contributed by atoms with Gasteiger partial charge >= 0.3 is 0 Å². The summed E-state index contributed by atoms with van der Waals surface area (Å²) in [6.07, 6.45) is 10.7. The largest absolute Gasteiger partial charge is 0.493 e. The lowest BCUT2D eigenvalue weighted by Crippen LogP contribution is -2.13. The molecule has 2 aromatic carbocycles. The van der Waals surface area contributed by atoms with Crippen molar-refractivity contribution in [1.82, 2.24) is 5.32 Å². The van der Waals surface area contributed by atoms with E-state index in [0.717, 1.165) is 31.9 Å². The monoisotopic (exact) mass is 353 g/mol. The van der Waals surface area contributed by atoms with Crippen LogP contribution in [0.3, 0.4) is 0 Å². The van der Waals surface area contributed by atoms with Crippen molar-refractivity contribution in [3.8, 4) is 5.75 Å². The number of unbranched alkanes of at least 4 members (excludes halogenated alkanes) is 7. The molecule has 26 heavy (non-hydrogen) atoms. The molecule has 2 rings (SSSR count). The van der Waals surface area contributed by atoms with Gasteiger partial charge in [-0.25, -0.2) is 0 Å². The van der Waals surface area contributed by atoms with Crippen LogP contribution in [0.15, 0.2) is 54.6 Å². The van der Waals surface area contributed by atoms with Crippen molar-refractivity contribution >= 4 is 0 Å². The highest BCUT2D eigenvalue weighted by molar-refractivity contribution is 5.33. The van der Waals surface area contributed by atoms with Crippen molar-refractivity contribution in [2.24, 2.45) is 0 Å². The highest BCUT2D eigenvalue weighted by atomic mass is 16.5. The lowest BCUT2D eigenvalue weighted by atomic mass is 10.1. The van der Waals surface area contributed by atoms with Crippen molar-refractivity contribution in [2.45, 2.75) is 71.4 Å². The normalized spacial score (nSPS) is 10.8. The van der Waals surface area contributed by atoms with Gasteiger partial charge in [-0.15, -0.1) is 0 Å². The smallest absolute Gasteiger partial charge is 0.123 e. The van der Waals surface area contributed by atoms with Crippen molar-refractivity contribution in [3.63, 3.8) is 0 Å². The molecule has 1 N–H and O–H groups in total. The molecule has 0 aliphatic heterocycles. The van der Waals surface area contributed by atoms with Gasteiger partial charge in [-0.3, -0.25) is 0 Å². The fraction of sp³-hybridized carbons (Fsp3) is 0.500. The Bertz CT molecular complexity index is 582. The Balaban J connectivity index is 1.62. The van der Waals surface area contributed by atoms with Crippen LogP contribution in [-0.2, 0) is 13.1 Å². The topological polar surface area (TPSA) is 21.3 Å². The molecule has 0 heterocycles. The predicted molar refractivity (Wildman–Crippen MR) is 112 cm³/mol. The van der Waals surface area contributed by atoms with Gasteiger partial charge in [0.25, 0.3) is 0 Å². The number of ether oxygens (including phenoxy) is 1. The minimum atomic E-state index is 0.824. The molecule has 0 radical (unpaired) electrons. The molecule has 142 valence electrons. The number of para-hydroxylation sites is 1. The molecule has 0 atom stereocenters. The van der Waals surface area contributed by atoms with Crippen LogP contribution in [0, 0.1) is 0 Å². The summed E-state index contributed by atoms with van der Waals surface area (Å²) in [5.74, 6) is 1.02. The van der Waals surface area contributed by atoms with E-state index in [1.807, 2.05) is 0 Å². The summed E-state index contributed by atoms with van der Waals surface area (Å²) in [5, 5.41) is 3.51. The summed E-state index contributed by atoms with van der Waals surface area (Å²) < 4.78 is 6.05. The zero-order valence-electron chi connectivity index (χ0n) is 16.4. The molecule has 0 aromatic heterocycles. The van der Waals surface area contributed by atoms with Crippen molar-refractivity contribution < 1.29 is 4.74 Å². The number of nitrogens with one attached hydrogen (secondary N) is 1. The summed E-state index contributed by atoms with van der Waals surface area (Å²) in [4.78, 5) is 0. The molecule has 0 aliphatic carbocycles. The molecule has 0 saturated carbocycles. The van der Waals surface area contributed by atoms with Gasteiger partial charge in [-0.05, 0) is 18.1 Å². The second-order valence-electron chi connectivity index (χ2n) is 7.02. The van der Waals surface area contributed by atoms with E-state index in [0.29, 0.717) is 0 Å². The molecule has 2 aromatic rings. The first-order valence-corrected chi connectivity index (χ1v) is 10.4. The SMILES string of the molecule is CCCCCCCCCCOc1ccccc1CNCc1ccccc1.